The fraction of sp³-hybridized carbons (Fsp3) is 0.350. The molecule has 3 N–H and O–H groups in total. The largest absolute Gasteiger partial charge is 0.367 e. The molecule has 2 unspecified atom stereocenters. The first-order chi connectivity index (χ1) is 11.5. The lowest BCUT2D eigenvalue weighted by Gasteiger charge is -2.27. The Morgan fingerprint density at radius 3 is 2.62 bits per heavy atom. The van der Waals surface area contributed by atoms with Crippen LogP contribution in [0.1, 0.15) is 25.0 Å². The van der Waals surface area contributed by atoms with Gasteiger partial charge in [-0.25, -0.2) is 0 Å². The summed E-state index contributed by atoms with van der Waals surface area (Å²) in [5.41, 5.74) is 8.71. The molecule has 2 aromatic rings. The summed E-state index contributed by atoms with van der Waals surface area (Å²) in [5.74, 6) is -0.145. The summed E-state index contributed by atoms with van der Waals surface area (Å²) in [6, 6.07) is 18.4. The maximum atomic E-state index is 12.5. The quantitative estimate of drug-likeness (QED) is 0.888. The highest BCUT2D eigenvalue weighted by molar-refractivity contribution is 5.87. The first-order valence-corrected chi connectivity index (χ1v) is 8.47. The van der Waals surface area contributed by atoms with Crippen molar-refractivity contribution in [3.8, 4) is 0 Å². The molecule has 1 heterocycles. The maximum absolute atomic E-state index is 12.5. The summed E-state index contributed by atoms with van der Waals surface area (Å²) < 4.78 is 0. The number of benzene rings is 2. The highest BCUT2D eigenvalue weighted by Crippen LogP contribution is 2.31. The van der Waals surface area contributed by atoms with Crippen LogP contribution in [0.5, 0.6) is 0 Å². The fourth-order valence-corrected chi connectivity index (χ4v) is 3.36. The standard InChI is InChI=1S/C20H25N3O/c1-15-14-16-8-6-7-11-18(16)23(15)13-12-22-19(24)20(2,21)17-9-4-3-5-10-17/h3-11,15H,12-14,21H2,1-2H3,(H,22,24). The van der Waals surface area contributed by atoms with Gasteiger partial charge in [0.05, 0.1) is 0 Å². The van der Waals surface area contributed by atoms with Gasteiger partial charge >= 0.3 is 0 Å². The van der Waals surface area contributed by atoms with Gasteiger partial charge in [-0.05, 0) is 37.5 Å². The Morgan fingerprint density at radius 2 is 1.88 bits per heavy atom. The van der Waals surface area contributed by atoms with Crippen LogP contribution in [-0.2, 0) is 16.8 Å². The minimum Gasteiger partial charge on any atom is -0.367 e. The smallest absolute Gasteiger partial charge is 0.244 e. The van der Waals surface area contributed by atoms with Crippen molar-refractivity contribution in [1.29, 1.82) is 0 Å². The lowest BCUT2D eigenvalue weighted by molar-refractivity contribution is -0.126. The van der Waals surface area contributed by atoms with E-state index in [2.05, 4.69) is 41.4 Å². The fourth-order valence-electron chi connectivity index (χ4n) is 3.36. The number of nitrogens with zero attached hydrogens (tertiary/aromatic N) is 1. The zero-order valence-corrected chi connectivity index (χ0v) is 14.3. The van der Waals surface area contributed by atoms with Crippen molar-refractivity contribution in [3.05, 3.63) is 65.7 Å². The van der Waals surface area contributed by atoms with Gasteiger partial charge in [0.25, 0.3) is 0 Å². The van der Waals surface area contributed by atoms with Crippen LogP contribution in [0.3, 0.4) is 0 Å². The van der Waals surface area contributed by atoms with Crippen LogP contribution < -0.4 is 16.0 Å². The van der Waals surface area contributed by atoms with Gasteiger partial charge in [-0.2, -0.15) is 0 Å². The number of para-hydroxylation sites is 1. The molecule has 3 rings (SSSR count). The number of fused-ring (bicyclic) bond motifs is 1. The SMILES string of the molecule is CC1Cc2ccccc2N1CCNC(=O)C(C)(N)c1ccccc1. The molecule has 126 valence electrons. The molecule has 4 heteroatoms. The Morgan fingerprint density at radius 1 is 1.21 bits per heavy atom. The molecule has 0 saturated carbocycles. The first-order valence-electron chi connectivity index (χ1n) is 8.47. The molecule has 0 aliphatic carbocycles. The zero-order valence-electron chi connectivity index (χ0n) is 14.3. The van der Waals surface area contributed by atoms with Crippen molar-refractivity contribution < 1.29 is 4.79 Å². The summed E-state index contributed by atoms with van der Waals surface area (Å²) in [5, 5.41) is 2.99. The third-order valence-electron chi connectivity index (χ3n) is 4.83. The summed E-state index contributed by atoms with van der Waals surface area (Å²) >= 11 is 0. The summed E-state index contributed by atoms with van der Waals surface area (Å²) in [6.45, 7) is 5.34. The molecule has 0 aromatic heterocycles. The topological polar surface area (TPSA) is 58.4 Å². The third-order valence-corrected chi connectivity index (χ3v) is 4.83. The van der Waals surface area contributed by atoms with Crippen LogP contribution in [0.25, 0.3) is 0 Å². The monoisotopic (exact) mass is 323 g/mol. The van der Waals surface area contributed by atoms with Crippen molar-refractivity contribution in [1.82, 2.24) is 5.32 Å². The number of carbonyl (C=O) groups is 1. The minimum absolute atomic E-state index is 0.145. The average Bonchev–Trinajstić information content (AvgIpc) is 2.91. The van der Waals surface area contributed by atoms with Crippen LogP contribution in [0.2, 0.25) is 0 Å². The zero-order chi connectivity index (χ0) is 17.2. The van der Waals surface area contributed by atoms with Crippen LogP contribution in [0.4, 0.5) is 5.69 Å². The van der Waals surface area contributed by atoms with Crippen LogP contribution in [-0.4, -0.2) is 25.0 Å². The molecule has 0 bridgehead atoms. The van der Waals surface area contributed by atoms with E-state index in [0.29, 0.717) is 12.6 Å². The average molecular weight is 323 g/mol. The molecule has 0 spiro atoms. The molecule has 1 aliphatic rings. The molecular formula is C20H25N3O. The second-order valence-electron chi connectivity index (χ2n) is 6.70. The van der Waals surface area contributed by atoms with E-state index in [1.54, 1.807) is 6.92 Å². The molecular weight excluding hydrogens is 298 g/mol. The molecule has 0 saturated heterocycles. The number of rotatable bonds is 5. The van der Waals surface area contributed by atoms with Gasteiger partial charge in [0.1, 0.15) is 5.54 Å². The van der Waals surface area contributed by atoms with Crippen molar-refractivity contribution >= 4 is 11.6 Å². The van der Waals surface area contributed by atoms with Gasteiger partial charge in [-0.15, -0.1) is 0 Å². The van der Waals surface area contributed by atoms with E-state index in [1.807, 2.05) is 30.3 Å². The Balaban J connectivity index is 1.60. The molecule has 1 aliphatic heterocycles. The summed E-state index contributed by atoms with van der Waals surface area (Å²) in [7, 11) is 0. The molecule has 1 amide bonds. The van der Waals surface area contributed by atoms with Gasteiger partial charge in [0.2, 0.25) is 5.91 Å². The van der Waals surface area contributed by atoms with E-state index < -0.39 is 5.54 Å². The maximum Gasteiger partial charge on any atom is 0.244 e. The number of amides is 1. The van der Waals surface area contributed by atoms with E-state index in [4.69, 9.17) is 5.73 Å². The Bertz CT molecular complexity index is 712. The van der Waals surface area contributed by atoms with E-state index in [-0.39, 0.29) is 5.91 Å². The van der Waals surface area contributed by atoms with E-state index >= 15 is 0 Å². The molecule has 2 atom stereocenters. The van der Waals surface area contributed by atoms with Crippen molar-refractivity contribution in [2.45, 2.75) is 31.8 Å². The Labute approximate surface area is 143 Å². The number of carbonyl (C=O) groups excluding carboxylic acids is 1. The second-order valence-corrected chi connectivity index (χ2v) is 6.70. The molecule has 0 fully saturated rings. The van der Waals surface area contributed by atoms with E-state index in [0.717, 1.165) is 18.5 Å². The number of anilines is 1. The highest BCUT2D eigenvalue weighted by Gasteiger charge is 2.30. The summed E-state index contributed by atoms with van der Waals surface area (Å²) in [6.07, 6.45) is 1.06. The van der Waals surface area contributed by atoms with Crippen molar-refractivity contribution in [2.24, 2.45) is 5.73 Å². The van der Waals surface area contributed by atoms with E-state index in [1.165, 1.54) is 11.3 Å². The number of nitrogens with two attached hydrogens (primary N) is 1. The molecule has 0 radical (unpaired) electrons. The van der Waals surface area contributed by atoms with E-state index in [9.17, 15) is 4.79 Å². The predicted octanol–water partition coefficient (Wildman–Crippen LogP) is 2.43. The van der Waals surface area contributed by atoms with Crippen LogP contribution in [0, 0.1) is 0 Å². The highest BCUT2D eigenvalue weighted by atomic mass is 16.2. The third kappa shape index (κ3) is 3.15. The van der Waals surface area contributed by atoms with Gasteiger partial charge < -0.3 is 16.0 Å². The lowest BCUT2D eigenvalue weighted by atomic mass is 9.92. The van der Waals surface area contributed by atoms with Crippen LogP contribution >= 0.6 is 0 Å². The first kappa shape index (κ1) is 16.5. The van der Waals surface area contributed by atoms with Gasteiger partial charge in [0, 0.05) is 24.8 Å². The predicted molar refractivity (Wildman–Crippen MR) is 97.9 cm³/mol. The number of hydrogen-bond donors (Lipinski definition) is 2. The Hall–Kier alpha value is -2.33. The van der Waals surface area contributed by atoms with Crippen molar-refractivity contribution in [3.63, 3.8) is 0 Å². The second kappa shape index (κ2) is 6.65. The van der Waals surface area contributed by atoms with Gasteiger partial charge in [0.15, 0.2) is 0 Å². The molecule has 4 nitrogen and oxygen atoms in total. The molecule has 2 aromatic carbocycles. The molecule has 24 heavy (non-hydrogen) atoms. The van der Waals surface area contributed by atoms with Gasteiger partial charge in [-0.3, -0.25) is 4.79 Å². The minimum atomic E-state index is -1.02. The number of hydrogen-bond acceptors (Lipinski definition) is 3. The normalized spacial score (nSPS) is 18.8. The van der Waals surface area contributed by atoms with Crippen molar-refractivity contribution in [2.75, 3.05) is 18.0 Å². The Kier molecular flexibility index (Phi) is 4.58. The van der Waals surface area contributed by atoms with Crippen LogP contribution in [0.15, 0.2) is 54.6 Å². The van der Waals surface area contributed by atoms with Gasteiger partial charge in [-0.1, -0.05) is 48.5 Å². The summed E-state index contributed by atoms with van der Waals surface area (Å²) in [4.78, 5) is 14.9. The number of nitrogens with one attached hydrogen (secondary N) is 1. The lowest BCUT2D eigenvalue weighted by Crippen LogP contribution is -2.50.